The summed E-state index contributed by atoms with van der Waals surface area (Å²) in [5.74, 6) is 1.18. The molecule has 134 valence electrons. The van der Waals surface area contributed by atoms with E-state index in [0.717, 1.165) is 49.1 Å². The lowest BCUT2D eigenvalue weighted by Crippen LogP contribution is -2.23. The standard InChI is InChI=1S/C22H30N2O/c1-5-6-7-8-9-10-19-13-21(19)22(25)24-17(3)11-12-20-15-23-14-16(2)18(20)4/h5,8-9,11-12,15-16,19,21H,1,4,6-7,10,13-14H2,2-3H3,(H,24,25)/b9-8-,17-11+,20-12-. The predicted molar refractivity (Wildman–Crippen MR) is 106 cm³/mol. The Morgan fingerprint density at radius 1 is 1.40 bits per heavy atom. The molecular weight excluding hydrogens is 308 g/mol. The number of unbranched alkanes of at least 4 members (excludes halogenated alkanes) is 1. The van der Waals surface area contributed by atoms with E-state index < -0.39 is 0 Å². The minimum atomic E-state index is 0.140. The van der Waals surface area contributed by atoms with E-state index in [4.69, 9.17) is 0 Å². The molecule has 0 saturated heterocycles. The molecule has 1 aliphatic carbocycles. The Hall–Kier alpha value is -2.16. The Morgan fingerprint density at radius 2 is 2.20 bits per heavy atom. The summed E-state index contributed by atoms with van der Waals surface area (Å²) in [7, 11) is 0. The Morgan fingerprint density at radius 3 is 2.96 bits per heavy atom. The minimum absolute atomic E-state index is 0.140. The van der Waals surface area contributed by atoms with Gasteiger partial charge >= 0.3 is 0 Å². The number of carbonyl (C=O) groups is 1. The lowest BCUT2D eigenvalue weighted by molar-refractivity contribution is -0.121. The second-order valence-electron chi connectivity index (χ2n) is 7.06. The fourth-order valence-electron chi connectivity index (χ4n) is 2.91. The number of hydrogen-bond acceptors (Lipinski definition) is 2. The van der Waals surface area contributed by atoms with Crippen LogP contribution in [-0.4, -0.2) is 18.7 Å². The van der Waals surface area contributed by atoms with E-state index in [2.05, 4.69) is 42.5 Å². The number of aliphatic imine (C=N–C) groups is 1. The third kappa shape index (κ3) is 6.00. The highest BCUT2D eigenvalue weighted by molar-refractivity contribution is 5.86. The summed E-state index contributed by atoms with van der Waals surface area (Å²) in [5, 5.41) is 3.01. The SMILES string of the molecule is C=CCC/C=C\CC1CC1C(=O)N/C(C)=C/C=C1/C=NCC(C)C1=C. The summed E-state index contributed by atoms with van der Waals surface area (Å²) >= 11 is 0. The molecule has 3 atom stereocenters. The van der Waals surface area contributed by atoms with Gasteiger partial charge in [-0.05, 0) is 55.7 Å². The number of rotatable bonds is 8. The van der Waals surface area contributed by atoms with Gasteiger partial charge in [0.05, 0.1) is 0 Å². The highest BCUT2D eigenvalue weighted by Gasteiger charge is 2.41. The number of allylic oxidation sites excluding steroid dienone is 7. The molecule has 2 rings (SSSR count). The minimum Gasteiger partial charge on any atom is -0.330 e. The second kappa shape index (κ2) is 9.36. The zero-order valence-corrected chi connectivity index (χ0v) is 15.5. The number of nitrogens with one attached hydrogen (secondary N) is 1. The number of carbonyl (C=O) groups excluding carboxylic acids is 1. The first kappa shape index (κ1) is 19.2. The van der Waals surface area contributed by atoms with Crippen LogP contribution in [0.5, 0.6) is 0 Å². The van der Waals surface area contributed by atoms with Crippen LogP contribution in [0.2, 0.25) is 0 Å². The van der Waals surface area contributed by atoms with Crippen molar-refractivity contribution in [2.75, 3.05) is 6.54 Å². The van der Waals surface area contributed by atoms with Gasteiger partial charge in [-0.3, -0.25) is 9.79 Å². The van der Waals surface area contributed by atoms with Crippen LogP contribution in [0.1, 0.15) is 39.5 Å². The maximum Gasteiger partial charge on any atom is 0.227 e. The number of hydrogen-bond donors (Lipinski definition) is 1. The van der Waals surface area contributed by atoms with E-state index in [9.17, 15) is 4.79 Å². The highest BCUT2D eigenvalue weighted by Crippen LogP contribution is 2.41. The average molecular weight is 338 g/mol. The van der Waals surface area contributed by atoms with Crippen molar-refractivity contribution < 1.29 is 4.79 Å². The maximum atomic E-state index is 12.3. The molecule has 25 heavy (non-hydrogen) atoms. The van der Waals surface area contributed by atoms with Crippen LogP contribution in [0, 0.1) is 17.8 Å². The largest absolute Gasteiger partial charge is 0.330 e. The van der Waals surface area contributed by atoms with E-state index in [1.54, 1.807) is 0 Å². The van der Waals surface area contributed by atoms with Crippen molar-refractivity contribution in [1.82, 2.24) is 5.32 Å². The van der Waals surface area contributed by atoms with Gasteiger partial charge in [-0.15, -0.1) is 6.58 Å². The van der Waals surface area contributed by atoms with E-state index in [1.165, 1.54) is 0 Å². The molecule has 0 bridgehead atoms. The summed E-state index contributed by atoms with van der Waals surface area (Å²) in [6, 6.07) is 0. The number of amides is 1. The van der Waals surface area contributed by atoms with Gasteiger partial charge in [0.25, 0.3) is 0 Å². The molecule has 0 radical (unpaired) electrons. The highest BCUT2D eigenvalue weighted by atomic mass is 16.2. The topological polar surface area (TPSA) is 41.5 Å². The van der Waals surface area contributed by atoms with Crippen molar-refractivity contribution >= 4 is 12.1 Å². The van der Waals surface area contributed by atoms with Crippen LogP contribution in [0.3, 0.4) is 0 Å². The van der Waals surface area contributed by atoms with Crippen LogP contribution in [0.4, 0.5) is 0 Å². The van der Waals surface area contributed by atoms with Crippen molar-refractivity contribution in [3.05, 3.63) is 60.4 Å². The van der Waals surface area contributed by atoms with Gasteiger partial charge in [0, 0.05) is 30.3 Å². The van der Waals surface area contributed by atoms with E-state index in [1.807, 2.05) is 31.4 Å². The predicted octanol–water partition coefficient (Wildman–Crippen LogP) is 4.76. The first-order valence-corrected chi connectivity index (χ1v) is 9.17. The van der Waals surface area contributed by atoms with Gasteiger partial charge < -0.3 is 5.32 Å². The molecule has 1 heterocycles. The fraction of sp³-hybridized carbons (Fsp3) is 0.455. The molecule has 0 aromatic carbocycles. The number of nitrogens with zero attached hydrogens (tertiary/aromatic N) is 1. The third-order valence-electron chi connectivity index (χ3n) is 4.81. The molecule has 0 aromatic heterocycles. The monoisotopic (exact) mass is 338 g/mol. The Kier molecular flexibility index (Phi) is 7.17. The van der Waals surface area contributed by atoms with Crippen LogP contribution < -0.4 is 5.32 Å². The first-order valence-electron chi connectivity index (χ1n) is 9.17. The van der Waals surface area contributed by atoms with Crippen molar-refractivity contribution in [3.8, 4) is 0 Å². The van der Waals surface area contributed by atoms with Crippen LogP contribution in [-0.2, 0) is 4.79 Å². The summed E-state index contributed by atoms with van der Waals surface area (Å²) in [6.45, 7) is 12.7. The molecular formula is C22H30N2O. The lowest BCUT2D eigenvalue weighted by atomic mass is 9.93. The smallest absolute Gasteiger partial charge is 0.227 e. The third-order valence-corrected chi connectivity index (χ3v) is 4.81. The van der Waals surface area contributed by atoms with Crippen molar-refractivity contribution in [1.29, 1.82) is 0 Å². The Labute approximate surface area is 152 Å². The quantitative estimate of drug-likeness (QED) is 0.503. The normalized spacial score (nSPS) is 27.8. The van der Waals surface area contributed by atoms with Gasteiger partial charge in [-0.2, -0.15) is 0 Å². The molecule has 2 aliphatic rings. The van der Waals surface area contributed by atoms with Gasteiger partial charge in [0.2, 0.25) is 5.91 Å². The summed E-state index contributed by atoms with van der Waals surface area (Å²) in [6.07, 6.45) is 16.1. The molecule has 1 saturated carbocycles. The van der Waals surface area contributed by atoms with Crippen molar-refractivity contribution in [2.24, 2.45) is 22.7 Å². The van der Waals surface area contributed by atoms with Gasteiger partial charge in [-0.1, -0.05) is 37.8 Å². The summed E-state index contributed by atoms with van der Waals surface area (Å²) < 4.78 is 0. The summed E-state index contributed by atoms with van der Waals surface area (Å²) in [5.41, 5.74) is 3.02. The maximum absolute atomic E-state index is 12.3. The van der Waals surface area contributed by atoms with E-state index in [0.29, 0.717) is 11.8 Å². The molecule has 1 amide bonds. The van der Waals surface area contributed by atoms with Gasteiger partial charge in [0.1, 0.15) is 0 Å². The zero-order valence-electron chi connectivity index (χ0n) is 15.5. The zero-order chi connectivity index (χ0) is 18.2. The molecule has 3 heteroatoms. The van der Waals surface area contributed by atoms with E-state index >= 15 is 0 Å². The van der Waals surface area contributed by atoms with Crippen molar-refractivity contribution in [3.63, 3.8) is 0 Å². The molecule has 1 fully saturated rings. The molecule has 1 N–H and O–H groups in total. The average Bonchev–Trinajstić information content (AvgIpc) is 3.36. The van der Waals surface area contributed by atoms with E-state index in [-0.39, 0.29) is 11.8 Å². The second-order valence-corrected chi connectivity index (χ2v) is 7.06. The molecule has 1 aliphatic heterocycles. The van der Waals surface area contributed by atoms with Gasteiger partial charge in [-0.25, -0.2) is 0 Å². The lowest BCUT2D eigenvalue weighted by Gasteiger charge is -2.17. The molecule has 3 unspecified atom stereocenters. The van der Waals surface area contributed by atoms with Crippen LogP contribution >= 0.6 is 0 Å². The van der Waals surface area contributed by atoms with Crippen LogP contribution in [0.15, 0.2) is 65.4 Å². The van der Waals surface area contributed by atoms with Crippen molar-refractivity contribution in [2.45, 2.75) is 39.5 Å². The first-order chi connectivity index (χ1) is 12.0. The Balaban J connectivity index is 1.78. The molecule has 0 aromatic rings. The van der Waals surface area contributed by atoms with Gasteiger partial charge in [0.15, 0.2) is 0 Å². The van der Waals surface area contributed by atoms with Crippen LogP contribution in [0.25, 0.3) is 0 Å². The summed E-state index contributed by atoms with van der Waals surface area (Å²) in [4.78, 5) is 16.6. The molecule has 0 spiro atoms. The fourth-order valence-corrected chi connectivity index (χ4v) is 2.91. The molecule has 3 nitrogen and oxygen atoms in total. The Bertz CT molecular complexity index is 636.